The standard InChI is InChI=1S/C17H16ClN5O2/c1-24-13-5-3-12(4-6-13)23-17(20-21-22-23)9-10-19-16-11-14(25-2)7-8-15(16)18/h3-11,19H,1-2H3/b10-9+. The molecule has 3 aromatic rings. The Kier molecular flexibility index (Phi) is 5.15. The molecule has 128 valence electrons. The van der Waals surface area contributed by atoms with E-state index in [0.29, 0.717) is 16.6 Å². The Morgan fingerprint density at radius 3 is 2.48 bits per heavy atom. The maximum absolute atomic E-state index is 6.16. The van der Waals surface area contributed by atoms with Gasteiger partial charge in [-0.05, 0) is 46.8 Å². The lowest BCUT2D eigenvalue weighted by atomic mass is 10.3. The van der Waals surface area contributed by atoms with Crippen molar-refractivity contribution in [2.45, 2.75) is 0 Å². The van der Waals surface area contributed by atoms with Gasteiger partial charge in [-0.2, -0.15) is 4.68 Å². The van der Waals surface area contributed by atoms with Crippen LogP contribution in [0, 0.1) is 0 Å². The second-order valence-electron chi connectivity index (χ2n) is 4.97. The van der Waals surface area contributed by atoms with E-state index in [2.05, 4.69) is 20.8 Å². The summed E-state index contributed by atoms with van der Waals surface area (Å²) in [6.07, 6.45) is 3.46. The lowest BCUT2D eigenvalue weighted by Crippen LogP contribution is -2.00. The predicted octanol–water partition coefficient (Wildman–Crippen LogP) is 3.42. The zero-order valence-corrected chi connectivity index (χ0v) is 14.4. The van der Waals surface area contributed by atoms with E-state index < -0.39 is 0 Å². The minimum atomic E-state index is 0.566. The molecule has 0 bridgehead atoms. The van der Waals surface area contributed by atoms with Crippen molar-refractivity contribution in [2.24, 2.45) is 0 Å². The van der Waals surface area contributed by atoms with Crippen LogP contribution in [0.15, 0.2) is 48.7 Å². The fourth-order valence-corrected chi connectivity index (χ4v) is 2.33. The first-order valence-corrected chi connectivity index (χ1v) is 7.78. The van der Waals surface area contributed by atoms with Gasteiger partial charge in [-0.3, -0.25) is 0 Å². The van der Waals surface area contributed by atoms with E-state index in [1.807, 2.05) is 24.3 Å². The lowest BCUT2D eigenvalue weighted by Gasteiger charge is -2.06. The fourth-order valence-electron chi connectivity index (χ4n) is 2.15. The van der Waals surface area contributed by atoms with Crippen molar-refractivity contribution in [3.63, 3.8) is 0 Å². The summed E-state index contributed by atoms with van der Waals surface area (Å²) in [5.41, 5.74) is 1.55. The molecule has 0 unspecified atom stereocenters. The highest BCUT2D eigenvalue weighted by molar-refractivity contribution is 6.33. The van der Waals surface area contributed by atoms with Crippen LogP contribution in [0.1, 0.15) is 5.82 Å². The van der Waals surface area contributed by atoms with Gasteiger partial charge in [0, 0.05) is 18.3 Å². The highest BCUT2D eigenvalue weighted by Gasteiger charge is 2.06. The van der Waals surface area contributed by atoms with E-state index in [1.165, 1.54) is 0 Å². The number of benzene rings is 2. The molecule has 3 rings (SSSR count). The Balaban J connectivity index is 1.78. The van der Waals surface area contributed by atoms with Crippen molar-refractivity contribution in [2.75, 3.05) is 19.5 Å². The van der Waals surface area contributed by atoms with Crippen LogP contribution in [0.25, 0.3) is 11.8 Å². The molecule has 0 saturated heterocycles. The van der Waals surface area contributed by atoms with Crippen molar-refractivity contribution in [1.29, 1.82) is 0 Å². The third-order valence-corrected chi connectivity index (χ3v) is 3.78. The molecule has 0 radical (unpaired) electrons. The van der Waals surface area contributed by atoms with Crippen LogP contribution in [0.3, 0.4) is 0 Å². The van der Waals surface area contributed by atoms with Gasteiger partial charge in [0.1, 0.15) is 11.5 Å². The van der Waals surface area contributed by atoms with E-state index >= 15 is 0 Å². The van der Waals surface area contributed by atoms with E-state index in [1.54, 1.807) is 49.4 Å². The minimum absolute atomic E-state index is 0.566. The smallest absolute Gasteiger partial charge is 0.181 e. The molecule has 2 aromatic carbocycles. The van der Waals surface area contributed by atoms with Crippen LogP contribution >= 0.6 is 11.6 Å². The summed E-state index contributed by atoms with van der Waals surface area (Å²) >= 11 is 6.16. The SMILES string of the molecule is COc1ccc(-n2nnnc2/C=C/Nc2cc(OC)ccc2Cl)cc1. The molecule has 7 nitrogen and oxygen atoms in total. The number of methoxy groups -OCH3 is 2. The van der Waals surface area contributed by atoms with Crippen molar-refractivity contribution >= 4 is 23.4 Å². The minimum Gasteiger partial charge on any atom is -0.497 e. The fraction of sp³-hybridized carbons (Fsp3) is 0.118. The third kappa shape index (κ3) is 3.89. The van der Waals surface area contributed by atoms with Crippen LogP contribution < -0.4 is 14.8 Å². The molecule has 0 aliphatic rings. The first-order chi connectivity index (χ1) is 12.2. The van der Waals surface area contributed by atoms with Gasteiger partial charge < -0.3 is 14.8 Å². The number of nitrogens with zero attached hydrogens (tertiary/aromatic N) is 4. The molecule has 0 aliphatic carbocycles. The zero-order valence-electron chi connectivity index (χ0n) is 13.7. The van der Waals surface area contributed by atoms with E-state index in [0.717, 1.165) is 17.1 Å². The Morgan fingerprint density at radius 1 is 1.04 bits per heavy atom. The average molecular weight is 358 g/mol. The van der Waals surface area contributed by atoms with Gasteiger partial charge in [-0.15, -0.1) is 5.10 Å². The number of halogens is 1. The first kappa shape index (κ1) is 16.8. The molecule has 0 aliphatic heterocycles. The van der Waals surface area contributed by atoms with Crippen molar-refractivity contribution < 1.29 is 9.47 Å². The summed E-state index contributed by atoms with van der Waals surface area (Å²) in [5, 5.41) is 15.4. The highest BCUT2D eigenvalue weighted by Crippen LogP contribution is 2.26. The summed E-state index contributed by atoms with van der Waals surface area (Å²) in [4.78, 5) is 0. The van der Waals surface area contributed by atoms with Crippen LogP contribution in [0.4, 0.5) is 5.69 Å². The summed E-state index contributed by atoms with van der Waals surface area (Å²) in [5.74, 6) is 2.04. The summed E-state index contributed by atoms with van der Waals surface area (Å²) < 4.78 is 12.0. The van der Waals surface area contributed by atoms with Gasteiger partial charge in [-0.25, -0.2) is 0 Å². The Hall–Kier alpha value is -3.06. The topological polar surface area (TPSA) is 74.1 Å². The number of hydrogen-bond acceptors (Lipinski definition) is 6. The monoisotopic (exact) mass is 357 g/mol. The van der Waals surface area contributed by atoms with Crippen molar-refractivity contribution in [3.05, 3.63) is 59.5 Å². The number of anilines is 1. The number of ether oxygens (including phenoxy) is 2. The molecule has 0 atom stereocenters. The van der Waals surface area contributed by atoms with Gasteiger partial charge in [0.2, 0.25) is 0 Å². The van der Waals surface area contributed by atoms with Crippen LogP contribution in [0.2, 0.25) is 5.02 Å². The van der Waals surface area contributed by atoms with E-state index in [4.69, 9.17) is 21.1 Å². The average Bonchev–Trinajstić information content (AvgIpc) is 3.12. The molecule has 0 fully saturated rings. The highest BCUT2D eigenvalue weighted by atomic mass is 35.5. The maximum Gasteiger partial charge on any atom is 0.181 e. The molecule has 8 heteroatoms. The predicted molar refractivity (Wildman–Crippen MR) is 96.4 cm³/mol. The molecule has 0 saturated carbocycles. The number of aromatic nitrogens is 4. The van der Waals surface area contributed by atoms with E-state index in [9.17, 15) is 0 Å². The molecule has 0 amide bonds. The molecular weight excluding hydrogens is 342 g/mol. The van der Waals surface area contributed by atoms with Crippen molar-refractivity contribution in [1.82, 2.24) is 20.2 Å². The Labute approximate surface area is 149 Å². The van der Waals surface area contributed by atoms with Crippen LogP contribution in [0.5, 0.6) is 11.5 Å². The number of nitrogens with one attached hydrogen (secondary N) is 1. The van der Waals surface area contributed by atoms with Gasteiger partial charge in [0.15, 0.2) is 5.82 Å². The molecule has 1 N–H and O–H groups in total. The second-order valence-corrected chi connectivity index (χ2v) is 5.38. The number of rotatable bonds is 6. The molecule has 1 aromatic heterocycles. The summed E-state index contributed by atoms with van der Waals surface area (Å²) in [6, 6.07) is 12.8. The quantitative estimate of drug-likeness (QED) is 0.728. The van der Waals surface area contributed by atoms with Gasteiger partial charge in [-0.1, -0.05) is 11.6 Å². The summed E-state index contributed by atoms with van der Waals surface area (Å²) in [7, 11) is 3.22. The third-order valence-electron chi connectivity index (χ3n) is 3.46. The molecule has 0 spiro atoms. The normalized spacial score (nSPS) is 10.8. The maximum atomic E-state index is 6.16. The molecular formula is C17H16ClN5O2. The van der Waals surface area contributed by atoms with Crippen molar-refractivity contribution in [3.8, 4) is 17.2 Å². The van der Waals surface area contributed by atoms with E-state index in [-0.39, 0.29) is 0 Å². The first-order valence-electron chi connectivity index (χ1n) is 7.40. The molecule has 1 heterocycles. The largest absolute Gasteiger partial charge is 0.497 e. The van der Waals surface area contributed by atoms with Crippen LogP contribution in [-0.2, 0) is 0 Å². The molecule has 25 heavy (non-hydrogen) atoms. The lowest BCUT2D eigenvalue weighted by molar-refractivity contribution is 0.414. The summed E-state index contributed by atoms with van der Waals surface area (Å²) in [6.45, 7) is 0. The number of hydrogen-bond donors (Lipinski definition) is 1. The van der Waals surface area contributed by atoms with Crippen LogP contribution in [-0.4, -0.2) is 34.4 Å². The van der Waals surface area contributed by atoms with Gasteiger partial charge in [0.25, 0.3) is 0 Å². The zero-order chi connectivity index (χ0) is 17.6. The Morgan fingerprint density at radius 2 is 1.76 bits per heavy atom. The van der Waals surface area contributed by atoms with Gasteiger partial charge >= 0.3 is 0 Å². The Bertz CT molecular complexity index is 877. The second kappa shape index (κ2) is 7.67. The van der Waals surface area contributed by atoms with Gasteiger partial charge in [0.05, 0.1) is 30.6 Å². The number of tetrazole rings is 1.